The van der Waals surface area contributed by atoms with E-state index in [2.05, 4.69) is 16.4 Å². The molecule has 0 aliphatic heterocycles. The Balaban J connectivity index is 1.62. The SMILES string of the molecule is CC(C)(C(=O)Cc1cncn1Cc1ccc(C#N)cc1)C(N)N(Cc1ccccc1C(F)(F)F)C(=S)Nc1ccc(Cl)cc1Cl. The first-order chi connectivity index (χ1) is 21.2. The number of nitriles is 1. The molecule has 45 heavy (non-hydrogen) atoms. The van der Waals surface area contributed by atoms with Crippen molar-refractivity contribution in [2.75, 3.05) is 5.32 Å². The fourth-order valence-electron chi connectivity index (χ4n) is 4.66. The van der Waals surface area contributed by atoms with Gasteiger partial charge in [-0.2, -0.15) is 18.4 Å². The second-order valence-electron chi connectivity index (χ2n) is 10.9. The van der Waals surface area contributed by atoms with E-state index in [0.717, 1.165) is 11.6 Å². The maximum Gasteiger partial charge on any atom is 0.416 e. The van der Waals surface area contributed by atoms with Crippen molar-refractivity contribution in [3.8, 4) is 6.07 Å². The highest BCUT2D eigenvalue weighted by Gasteiger charge is 2.40. The zero-order valence-corrected chi connectivity index (χ0v) is 26.6. The monoisotopic (exact) mass is 672 g/mol. The largest absolute Gasteiger partial charge is 0.416 e. The number of alkyl halides is 3. The van der Waals surface area contributed by atoms with E-state index >= 15 is 0 Å². The average molecular weight is 674 g/mol. The third-order valence-corrected chi connectivity index (χ3v) is 8.35. The number of hydrogen-bond acceptors (Lipinski definition) is 5. The first-order valence-corrected chi connectivity index (χ1v) is 14.8. The number of benzene rings is 3. The molecule has 4 aromatic rings. The van der Waals surface area contributed by atoms with Crippen LogP contribution in [0.15, 0.2) is 79.3 Å². The fraction of sp³-hybridized carbons (Fsp3) is 0.250. The van der Waals surface area contributed by atoms with Crippen LogP contribution in [0.5, 0.6) is 0 Å². The van der Waals surface area contributed by atoms with Crippen LogP contribution in [0.2, 0.25) is 10.0 Å². The maximum atomic E-state index is 13.9. The van der Waals surface area contributed by atoms with Gasteiger partial charge in [0, 0.05) is 36.4 Å². The molecule has 3 aromatic carbocycles. The van der Waals surface area contributed by atoms with Crippen molar-refractivity contribution in [2.45, 2.75) is 45.7 Å². The minimum absolute atomic E-state index is 0.0320. The first-order valence-electron chi connectivity index (χ1n) is 13.7. The molecule has 13 heteroatoms. The number of carbonyl (C=O) groups is 1. The normalized spacial score (nSPS) is 12.3. The molecule has 0 radical (unpaired) electrons. The van der Waals surface area contributed by atoms with Gasteiger partial charge in [-0.15, -0.1) is 0 Å². The van der Waals surface area contributed by atoms with E-state index in [1.165, 1.54) is 29.2 Å². The number of hydrogen-bond donors (Lipinski definition) is 2. The standard InChI is InChI=1S/C32H29Cl2F3N6OS/c1-31(2,28(44)14-24-16-40-19-42(24)17-21-9-7-20(15-38)8-10-21)29(39)43(18-22-5-3-4-6-25(22)32(35,36)37)30(45)41-27-12-11-23(33)13-26(27)34/h3-13,16,19,29H,14,17-18,39H2,1-2H3,(H,41,45). The van der Waals surface area contributed by atoms with Gasteiger partial charge < -0.3 is 20.5 Å². The molecular weight excluding hydrogens is 644 g/mol. The summed E-state index contributed by atoms with van der Waals surface area (Å²) in [4.78, 5) is 19.4. The Morgan fingerprint density at radius 3 is 2.47 bits per heavy atom. The lowest BCUT2D eigenvalue weighted by atomic mass is 9.82. The lowest BCUT2D eigenvalue weighted by molar-refractivity contribution is -0.138. The molecule has 1 unspecified atom stereocenters. The molecule has 0 aliphatic carbocycles. The Morgan fingerprint density at radius 1 is 1.13 bits per heavy atom. The van der Waals surface area contributed by atoms with E-state index in [4.69, 9.17) is 46.4 Å². The van der Waals surface area contributed by atoms with E-state index in [1.807, 2.05) is 16.7 Å². The van der Waals surface area contributed by atoms with Crippen LogP contribution in [0.1, 0.15) is 41.8 Å². The van der Waals surface area contributed by atoms with Crippen LogP contribution < -0.4 is 11.1 Å². The average Bonchev–Trinajstić information content (AvgIpc) is 3.43. The number of Topliss-reactive ketones (excluding diaryl/α,β-unsaturated/α-hetero) is 1. The summed E-state index contributed by atoms with van der Waals surface area (Å²) in [5.74, 6) is -0.280. The predicted octanol–water partition coefficient (Wildman–Crippen LogP) is 7.45. The Morgan fingerprint density at radius 2 is 1.82 bits per heavy atom. The van der Waals surface area contributed by atoms with Crippen molar-refractivity contribution in [2.24, 2.45) is 11.1 Å². The number of nitrogens with zero attached hydrogens (tertiary/aromatic N) is 4. The summed E-state index contributed by atoms with van der Waals surface area (Å²) in [6, 6.07) is 18.9. The van der Waals surface area contributed by atoms with Crippen molar-refractivity contribution in [1.29, 1.82) is 5.26 Å². The van der Waals surface area contributed by atoms with E-state index in [-0.39, 0.29) is 34.4 Å². The number of ketones is 1. The predicted molar refractivity (Wildman–Crippen MR) is 173 cm³/mol. The molecule has 0 fully saturated rings. The number of aromatic nitrogens is 2. The lowest BCUT2D eigenvalue weighted by Gasteiger charge is -2.40. The summed E-state index contributed by atoms with van der Waals surface area (Å²) in [7, 11) is 0. The second kappa shape index (κ2) is 14.0. The summed E-state index contributed by atoms with van der Waals surface area (Å²) >= 11 is 18.0. The van der Waals surface area contributed by atoms with Gasteiger partial charge in [0.2, 0.25) is 0 Å². The van der Waals surface area contributed by atoms with Crippen molar-refractivity contribution in [3.63, 3.8) is 0 Å². The Bertz CT molecular complexity index is 1730. The van der Waals surface area contributed by atoms with Crippen molar-refractivity contribution < 1.29 is 18.0 Å². The van der Waals surface area contributed by atoms with E-state index < -0.39 is 23.3 Å². The summed E-state index contributed by atoms with van der Waals surface area (Å²) in [5, 5.41) is 12.6. The van der Waals surface area contributed by atoms with Gasteiger partial charge in [0.15, 0.2) is 5.11 Å². The molecule has 0 bridgehead atoms. The number of thiocarbonyl (C=S) groups is 1. The minimum Gasteiger partial charge on any atom is -0.331 e. The summed E-state index contributed by atoms with van der Waals surface area (Å²) in [5.41, 5.74) is 6.94. The molecule has 0 amide bonds. The number of rotatable bonds is 10. The quantitative estimate of drug-likeness (QED) is 0.133. The zero-order valence-electron chi connectivity index (χ0n) is 24.3. The Hall–Kier alpha value is -3.95. The summed E-state index contributed by atoms with van der Waals surface area (Å²) in [6.07, 6.45) is -2.66. The Kier molecular flexibility index (Phi) is 10.6. The molecule has 1 aromatic heterocycles. The van der Waals surface area contributed by atoms with Gasteiger partial charge in [-0.05, 0) is 73.6 Å². The van der Waals surface area contributed by atoms with Crippen molar-refractivity contribution in [3.05, 3.63) is 117 Å². The number of imidazole rings is 1. The van der Waals surface area contributed by atoms with E-state index in [9.17, 15) is 18.0 Å². The van der Waals surface area contributed by atoms with Gasteiger partial charge in [0.25, 0.3) is 0 Å². The number of carbonyl (C=O) groups excluding carboxylic acids is 1. The van der Waals surface area contributed by atoms with Crippen molar-refractivity contribution >= 4 is 52.0 Å². The molecule has 0 spiro atoms. The maximum absolute atomic E-state index is 13.9. The Labute approximate surface area is 274 Å². The molecule has 1 atom stereocenters. The second-order valence-corrected chi connectivity index (χ2v) is 12.2. The van der Waals surface area contributed by atoms with Gasteiger partial charge >= 0.3 is 6.18 Å². The molecule has 4 rings (SSSR count). The highest BCUT2D eigenvalue weighted by molar-refractivity contribution is 7.80. The van der Waals surface area contributed by atoms with Crippen LogP contribution in [0, 0.1) is 16.7 Å². The van der Waals surface area contributed by atoms with Gasteiger partial charge in [-0.3, -0.25) is 4.79 Å². The van der Waals surface area contributed by atoms with E-state index in [1.54, 1.807) is 50.6 Å². The number of anilines is 1. The number of nitrogens with two attached hydrogens (primary N) is 1. The molecule has 1 heterocycles. The third-order valence-electron chi connectivity index (χ3n) is 7.47. The van der Waals surface area contributed by atoms with Crippen LogP contribution in [0.4, 0.5) is 18.9 Å². The zero-order chi connectivity index (χ0) is 32.9. The number of halogens is 5. The molecule has 234 valence electrons. The fourth-order valence-corrected chi connectivity index (χ4v) is 5.40. The van der Waals surface area contributed by atoms with Crippen LogP contribution in [-0.2, 0) is 30.5 Å². The van der Waals surface area contributed by atoms with Gasteiger partial charge in [-0.25, -0.2) is 4.98 Å². The van der Waals surface area contributed by atoms with Gasteiger partial charge in [0.05, 0.1) is 45.8 Å². The summed E-state index contributed by atoms with van der Waals surface area (Å²) < 4.78 is 43.6. The van der Waals surface area contributed by atoms with Gasteiger partial charge in [-0.1, -0.05) is 53.5 Å². The summed E-state index contributed by atoms with van der Waals surface area (Å²) in [6.45, 7) is 3.32. The first kappa shape index (κ1) is 33.9. The highest BCUT2D eigenvalue weighted by atomic mass is 35.5. The van der Waals surface area contributed by atoms with Crippen LogP contribution >= 0.6 is 35.4 Å². The molecule has 7 nitrogen and oxygen atoms in total. The minimum atomic E-state index is -4.63. The smallest absolute Gasteiger partial charge is 0.331 e. The van der Waals surface area contributed by atoms with Crippen molar-refractivity contribution in [1.82, 2.24) is 14.5 Å². The molecule has 0 saturated heterocycles. The molecule has 0 aliphatic rings. The molecule has 3 N–H and O–H groups in total. The highest BCUT2D eigenvalue weighted by Crippen LogP contribution is 2.34. The number of nitrogens with one attached hydrogen (secondary N) is 1. The van der Waals surface area contributed by atoms with E-state index in [0.29, 0.717) is 28.5 Å². The molecular formula is C32H29Cl2F3N6OS. The van der Waals surface area contributed by atoms with Crippen LogP contribution in [0.25, 0.3) is 0 Å². The molecule has 0 saturated carbocycles. The van der Waals surface area contributed by atoms with Gasteiger partial charge in [0.1, 0.15) is 5.78 Å². The van der Waals surface area contributed by atoms with Crippen LogP contribution in [-0.4, -0.2) is 31.5 Å². The van der Waals surface area contributed by atoms with Crippen LogP contribution in [0.3, 0.4) is 0 Å². The topological polar surface area (TPSA) is 100.0 Å². The third kappa shape index (κ3) is 8.21. The lowest BCUT2D eigenvalue weighted by Crippen LogP contribution is -2.57.